The molecule has 0 spiro atoms. The van der Waals surface area contributed by atoms with Crippen LogP contribution >= 0.6 is 0 Å². The molecular formula is C12H23N3O. The fourth-order valence-corrected chi connectivity index (χ4v) is 1.77. The van der Waals surface area contributed by atoms with Crippen molar-refractivity contribution in [3.63, 3.8) is 0 Å². The molecule has 0 aliphatic rings. The quantitative estimate of drug-likeness (QED) is 0.735. The highest BCUT2D eigenvalue weighted by atomic mass is 16.5. The van der Waals surface area contributed by atoms with E-state index in [1.54, 1.807) is 7.11 Å². The summed E-state index contributed by atoms with van der Waals surface area (Å²) in [6, 6.07) is 2.32. The van der Waals surface area contributed by atoms with Gasteiger partial charge in [0.2, 0.25) is 0 Å². The Labute approximate surface area is 98.0 Å². The summed E-state index contributed by atoms with van der Waals surface area (Å²) in [5, 5.41) is 7.82. The summed E-state index contributed by atoms with van der Waals surface area (Å²) in [5.41, 5.74) is 1.22. The Morgan fingerprint density at radius 2 is 2.25 bits per heavy atom. The van der Waals surface area contributed by atoms with E-state index in [1.807, 2.05) is 6.20 Å². The van der Waals surface area contributed by atoms with Gasteiger partial charge in [-0.25, -0.2) is 0 Å². The van der Waals surface area contributed by atoms with Gasteiger partial charge in [-0.2, -0.15) is 5.10 Å². The summed E-state index contributed by atoms with van der Waals surface area (Å²) >= 11 is 0. The number of ether oxygens (including phenoxy) is 1. The minimum Gasteiger partial charge on any atom is -0.383 e. The number of hydrogen-bond donors (Lipinski definition) is 1. The fraction of sp³-hybridized carbons (Fsp3) is 0.750. The van der Waals surface area contributed by atoms with Crippen LogP contribution in [-0.4, -0.2) is 30.0 Å². The van der Waals surface area contributed by atoms with E-state index in [0.717, 1.165) is 25.9 Å². The minimum atomic E-state index is 0.249. The predicted molar refractivity (Wildman–Crippen MR) is 65.4 cm³/mol. The molecule has 0 aromatic carbocycles. The van der Waals surface area contributed by atoms with Crippen molar-refractivity contribution in [3.05, 3.63) is 18.0 Å². The second-order valence-electron chi connectivity index (χ2n) is 3.94. The lowest BCUT2D eigenvalue weighted by Crippen LogP contribution is -2.28. The third kappa shape index (κ3) is 3.61. The van der Waals surface area contributed by atoms with E-state index < -0.39 is 0 Å². The van der Waals surface area contributed by atoms with Gasteiger partial charge in [-0.05, 0) is 25.5 Å². The van der Waals surface area contributed by atoms with Crippen molar-refractivity contribution >= 4 is 0 Å². The van der Waals surface area contributed by atoms with Crippen LogP contribution in [0.15, 0.2) is 12.3 Å². The number of methoxy groups -OCH3 is 1. The lowest BCUT2D eigenvalue weighted by Gasteiger charge is -2.19. The van der Waals surface area contributed by atoms with Crippen LogP contribution < -0.4 is 5.32 Å². The van der Waals surface area contributed by atoms with Crippen LogP contribution in [0.1, 0.15) is 38.4 Å². The van der Waals surface area contributed by atoms with E-state index in [0.29, 0.717) is 6.61 Å². The molecule has 4 nitrogen and oxygen atoms in total. The zero-order chi connectivity index (χ0) is 11.8. The monoisotopic (exact) mass is 225 g/mol. The van der Waals surface area contributed by atoms with E-state index in [9.17, 15) is 0 Å². The zero-order valence-electron chi connectivity index (χ0n) is 10.6. The number of nitrogens with zero attached hydrogens (tertiary/aromatic N) is 2. The smallest absolute Gasteiger partial charge is 0.0729 e. The molecule has 0 saturated heterocycles. The molecule has 1 atom stereocenters. The van der Waals surface area contributed by atoms with Gasteiger partial charge in [0.1, 0.15) is 0 Å². The van der Waals surface area contributed by atoms with Gasteiger partial charge in [0.15, 0.2) is 0 Å². The molecule has 0 fully saturated rings. The predicted octanol–water partition coefficient (Wildman–Crippen LogP) is 1.98. The first kappa shape index (κ1) is 13.2. The van der Waals surface area contributed by atoms with Crippen molar-refractivity contribution in [1.29, 1.82) is 0 Å². The van der Waals surface area contributed by atoms with Gasteiger partial charge in [0, 0.05) is 19.9 Å². The summed E-state index contributed by atoms with van der Waals surface area (Å²) < 4.78 is 7.32. The first-order valence-corrected chi connectivity index (χ1v) is 6.07. The number of aromatic nitrogens is 2. The average Bonchev–Trinajstić information content (AvgIpc) is 2.73. The average molecular weight is 225 g/mol. The number of hydrogen-bond acceptors (Lipinski definition) is 3. The fourth-order valence-electron chi connectivity index (χ4n) is 1.77. The number of rotatable bonds is 8. The first-order valence-electron chi connectivity index (χ1n) is 6.07. The van der Waals surface area contributed by atoms with Crippen molar-refractivity contribution < 1.29 is 4.74 Å². The molecule has 1 heterocycles. The Bertz CT molecular complexity index is 286. The molecular weight excluding hydrogens is 202 g/mol. The van der Waals surface area contributed by atoms with Crippen molar-refractivity contribution in [1.82, 2.24) is 15.1 Å². The second-order valence-corrected chi connectivity index (χ2v) is 3.94. The summed E-state index contributed by atoms with van der Waals surface area (Å²) in [6.45, 7) is 6.99. The Morgan fingerprint density at radius 3 is 2.88 bits per heavy atom. The molecule has 0 saturated carbocycles. The SMILES string of the molecule is CCCNC(COC)c1ccnn1CCC. The highest BCUT2D eigenvalue weighted by Gasteiger charge is 2.14. The van der Waals surface area contributed by atoms with Gasteiger partial charge < -0.3 is 10.1 Å². The Balaban J connectivity index is 2.70. The van der Waals surface area contributed by atoms with Crippen molar-refractivity contribution in [2.45, 2.75) is 39.3 Å². The van der Waals surface area contributed by atoms with E-state index in [2.05, 4.69) is 35.0 Å². The van der Waals surface area contributed by atoms with Gasteiger partial charge in [-0.1, -0.05) is 13.8 Å². The molecule has 0 bridgehead atoms. The van der Waals surface area contributed by atoms with Crippen LogP contribution in [0.25, 0.3) is 0 Å². The molecule has 92 valence electrons. The summed E-state index contributed by atoms with van der Waals surface area (Å²) in [4.78, 5) is 0. The summed E-state index contributed by atoms with van der Waals surface area (Å²) in [7, 11) is 1.74. The second kappa shape index (κ2) is 7.41. The molecule has 0 amide bonds. The lowest BCUT2D eigenvalue weighted by molar-refractivity contribution is 0.163. The van der Waals surface area contributed by atoms with Crippen LogP contribution in [0.2, 0.25) is 0 Å². The van der Waals surface area contributed by atoms with E-state index in [-0.39, 0.29) is 6.04 Å². The highest BCUT2D eigenvalue weighted by Crippen LogP contribution is 2.13. The molecule has 1 N–H and O–H groups in total. The summed E-state index contributed by atoms with van der Waals surface area (Å²) in [5.74, 6) is 0. The maximum absolute atomic E-state index is 5.25. The Morgan fingerprint density at radius 1 is 1.44 bits per heavy atom. The van der Waals surface area contributed by atoms with Crippen LogP contribution in [0.3, 0.4) is 0 Å². The van der Waals surface area contributed by atoms with Crippen molar-refractivity contribution in [3.8, 4) is 0 Å². The molecule has 0 aliphatic heterocycles. The van der Waals surface area contributed by atoms with E-state index >= 15 is 0 Å². The number of nitrogens with one attached hydrogen (secondary N) is 1. The van der Waals surface area contributed by atoms with Gasteiger partial charge in [0.25, 0.3) is 0 Å². The maximum Gasteiger partial charge on any atom is 0.0729 e. The molecule has 0 aliphatic carbocycles. The third-order valence-corrected chi connectivity index (χ3v) is 2.52. The highest BCUT2D eigenvalue weighted by molar-refractivity contribution is 5.07. The zero-order valence-corrected chi connectivity index (χ0v) is 10.6. The summed E-state index contributed by atoms with van der Waals surface area (Å²) in [6.07, 6.45) is 4.09. The molecule has 0 radical (unpaired) electrons. The minimum absolute atomic E-state index is 0.249. The van der Waals surface area contributed by atoms with Crippen LogP contribution in [-0.2, 0) is 11.3 Å². The van der Waals surface area contributed by atoms with Gasteiger partial charge in [-0.15, -0.1) is 0 Å². The maximum atomic E-state index is 5.25. The van der Waals surface area contributed by atoms with Crippen molar-refractivity contribution in [2.24, 2.45) is 0 Å². The molecule has 1 aromatic heterocycles. The van der Waals surface area contributed by atoms with Gasteiger partial charge in [-0.3, -0.25) is 4.68 Å². The molecule has 1 unspecified atom stereocenters. The lowest BCUT2D eigenvalue weighted by atomic mass is 10.2. The topological polar surface area (TPSA) is 39.1 Å². The van der Waals surface area contributed by atoms with Crippen molar-refractivity contribution in [2.75, 3.05) is 20.3 Å². The molecule has 4 heteroatoms. The van der Waals surface area contributed by atoms with Crippen LogP contribution in [0.4, 0.5) is 0 Å². The Kier molecular flexibility index (Phi) is 6.11. The van der Waals surface area contributed by atoms with E-state index in [4.69, 9.17) is 4.74 Å². The molecule has 1 aromatic rings. The van der Waals surface area contributed by atoms with Gasteiger partial charge in [0.05, 0.1) is 18.3 Å². The number of aryl methyl sites for hydroxylation is 1. The molecule has 16 heavy (non-hydrogen) atoms. The largest absolute Gasteiger partial charge is 0.383 e. The van der Waals surface area contributed by atoms with Crippen LogP contribution in [0, 0.1) is 0 Å². The first-order chi connectivity index (χ1) is 7.83. The van der Waals surface area contributed by atoms with Crippen LogP contribution in [0.5, 0.6) is 0 Å². The van der Waals surface area contributed by atoms with E-state index in [1.165, 1.54) is 5.69 Å². The van der Waals surface area contributed by atoms with Gasteiger partial charge >= 0.3 is 0 Å². The standard InChI is InChI=1S/C12H23N3O/c1-4-7-13-11(10-16-3)12-6-8-14-15(12)9-5-2/h6,8,11,13H,4-5,7,9-10H2,1-3H3. The molecule has 1 rings (SSSR count). The Hall–Kier alpha value is -0.870. The third-order valence-electron chi connectivity index (χ3n) is 2.52. The normalized spacial score (nSPS) is 12.9.